The van der Waals surface area contributed by atoms with Gasteiger partial charge in [-0.3, -0.25) is 4.79 Å². The lowest BCUT2D eigenvalue weighted by molar-refractivity contribution is -0.128. The first-order valence-corrected chi connectivity index (χ1v) is 5.38. The van der Waals surface area contributed by atoms with Crippen molar-refractivity contribution in [2.24, 2.45) is 17.8 Å². The fraction of sp³-hybridized carbons (Fsp3) is 0.909. The maximum atomic E-state index is 11.1. The third-order valence-electron chi connectivity index (χ3n) is 3.93. The Balaban J connectivity index is 1.86. The third-order valence-corrected chi connectivity index (χ3v) is 3.93. The third kappa shape index (κ3) is 1.72. The Hall–Kier alpha value is -0.530. The van der Waals surface area contributed by atoms with Gasteiger partial charge in [-0.25, -0.2) is 0 Å². The second kappa shape index (κ2) is 3.32. The highest BCUT2D eigenvalue weighted by molar-refractivity contribution is 5.72. The van der Waals surface area contributed by atoms with E-state index in [0.717, 1.165) is 24.3 Å². The van der Waals surface area contributed by atoms with E-state index in [4.69, 9.17) is 0 Å². The molecule has 2 nitrogen and oxygen atoms in total. The van der Waals surface area contributed by atoms with Gasteiger partial charge < -0.3 is 4.90 Å². The molecule has 2 rings (SSSR count). The summed E-state index contributed by atoms with van der Waals surface area (Å²) in [7, 11) is 1.92. The number of hydrogen-bond acceptors (Lipinski definition) is 1. The lowest BCUT2D eigenvalue weighted by Gasteiger charge is -2.26. The average molecular weight is 181 g/mol. The van der Waals surface area contributed by atoms with Gasteiger partial charge in [0.15, 0.2) is 0 Å². The van der Waals surface area contributed by atoms with Gasteiger partial charge in [-0.15, -0.1) is 0 Å². The normalized spacial score (nSPS) is 36.6. The number of hydrogen-bond donors (Lipinski definition) is 0. The van der Waals surface area contributed by atoms with Gasteiger partial charge in [0.25, 0.3) is 0 Å². The van der Waals surface area contributed by atoms with E-state index in [1.54, 1.807) is 6.92 Å². The van der Waals surface area contributed by atoms with E-state index >= 15 is 0 Å². The summed E-state index contributed by atoms with van der Waals surface area (Å²) in [6, 6.07) is 0. The molecule has 2 aliphatic rings. The average Bonchev–Trinajstić information content (AvgIpc) is 2.64. The van der Waals surface area contributed by atoms with Crippen LogP contribution < -0.4 is 0 Å². The van der Waals surface area contributed by atoms with E-state index in [1.807, 2.05) is 11.9 Å². The van der Waals surface area contributed by atoms with Crippen LogP contribution in [0.2, 0.25) is 0 Å². The Labute approximate surface area is 80.3 Å². The van der Waals surface area contributed by atoms with Gasteiger partial charge in [0.05, 0.1) is 0 Å². The maximum Gasteiger partial charge on any atom is 0.219 e. The lowest BCUT2D eigenvalue weighted by Crippen LogP contribution is -2.32. The molecule has 13 heavy (non-hydrogen) atoms. The lowest BCUT2D eigenvalue weighted by atomic mass is 9.88. The summed E-state index contributed by atoms with van der Waals surface area (Å²) in [5.74, 6) is 2.96. The van der Waals surface area contributed by atoms with Crippen molar-refractivity contribution < 1.29 is 4.79 Å². The molecule has 0 aromatic heterocycles. The van der Waals surface area contributed by atoms with Gasteiger partial charge in [0.2, 0.25) is 5.91 Å². The molecule has 0 aliphatic heterocycles. The fourth-order valence-corrected chi connectivity index (χ4v) is 3.08. The van der Waals surface area contributed by atoms with Crippen molar-refractivity contribution >= 4 is 5.91 Å². The molecule has 3 unspecified atom stereocenters. The molecule has 0 heterocycles. The van der Waals surface area contributed by atoms with E-state index < -0.39 is 0 Å². The van der Waals surface area contributed by atoms with Crippen LogP contribution in [-0.2, 0) is 4.79 Å². The first kappa shape index (κ1) is 9.04. The number of fused-ring (bicyclic) bond motifs is 2. The minimum absolute atomic E-state index is 0.211. The van der Waals surface area contributed by atoms with Crippen LogP contribution in [0, 0.1) is 17.8 Å². The largest absolute Gasteiger partial charge is 0.346 e. The first-order chi connectivity index (χ1) is 6.16. The fourth-order valence-electron chi connectivity index (χ4n) is 3.08. The van der Waals surface area contributed by atoms with E-state index in [2.05, 4.69) is 0 Å². The van der Waals surface area contributed by atoms with Crippen LogP contribution in [0.5, 0.6) is 0 Å². The van der Waals surface area contributed by atoms with Gasteiger partial charge in [-0.1, -0.05) is 6.42 Å². The second-order valence-corrected chi connectivity index (χ2v) is 4.83. The summed E-state index contributed by atoms with van der Waals surface area (Å²) >= 11 is 0. The van der Waals surface area contributed by atoms with Crippen LogP contribution in [0.1, 0.15) is 32.6 Å². The monoisotopic (exact) mass is 181 g/mol. The number of carbonyl (C=O) groups is 1. The molecule has 74 valence electrons. The predicted molar refractivity (Wildman–Crippen MR) is 52.2 cm³/mol. The zero-order chi connectivity index (χ0) is 9.42. The highest BCUT2D eigenvalue weighted by atomic mass is 16.2. The van der Waals surface area contributed by atoms with Gasteiger partial charge in [0.1, 0.15) is 0 Å². The topological polar surface area (TPSA) is 20.3 Å². The summed E-state index contributed by atoms with van der Waals surface area (Å²) in [6.07, 6.45) is 5.69. The van der Waals surface area contributed by atoms with E-state index in [0.29, 0.717) is 0 Å². The molecule has 0 N–H and O–H groups in total. The molecule has 2 aliphatic carbocycles. The zero-order valence-electron chi connectivity index (χ0n) is 8.62. The minimum atomic E-state index is 0.211. The molecule has 0 spiro atoms. The number of nitrogens with zero attached hydrogens (tertiary/aromatic N) is 1. The Bertz CT molecular complexity index is 214. The van der Waals surface area contributed by atoms with Crippen molar-refractivity contribution in [1.82, 2.24) is 4.90 Å². The van der Waals surface area contributed by atoms with Crippen molar-refractivity contribution in [3.63, 3.8) is 0 Å². The highest BCUT2D eigenvalue weighted by Gasteiger charge is 2.39. The highest BCUT2D eigenvalue weighted by Crippen LogP contribution is 2.48. The van der Waals surface area contributed by atoms with Gasteiger partial charge in [-0.2, -0.15) is 0 Å². The van der Waals surface area contributed by atoms with Gasteiger partial charge in [0, 0.05) is 20.5 Å². The van der Waals surface area contributed by atoms with Crippen molar-refractivity contribution in [1.29, 1.82) is 0 Å². The molecule has 2 fully saturated rings. The number of carbonyl (C=O) groups excluding carboxylic acids is 1. The molecule has 0 aromatic rings. The molecule has 2 heteroatoms. The van der Waals surface area contributed by atoms with Crippen LogP contribution in [0.15, 0.2) is 0 Å². The molecule has 1 amide bonds. The second-order valence-electron chi connectivity index (χ2n) is 4.83. The summed E-state index contributed by atoms with van der Waals surface area (Å²) in [5, 5.41) is 0. The SMILES string of the molecule is CC(=O)N(C)CC1CC2CCC1C2. The molecule has 3 atom stereocenters. The van der Waals surface area contributed by atoms with Crippen LogP contribution in [-0.4, -0.2) is 24.4 Å². The van der Waals surface area contributed by atoms with Crippen LogP contribution >= 0.6 is 0 Å². The van der Waals surface area contributed by atoms with Gasteiger partial charge in [-0.05, 0) is 37.0 Å². The quantitative estimate of drug-likeness (QED) is 0.637. The first-order valence-electron chi connectivity index (χ1n) is 5.38. The van der Waals surface area contributed by atoms with Gasteiger partial charge >= 0.3 is 0 Å². The van der Waals surface area contributed by atoms with Crippen molar-refractivity contribution in [2.75, 3.05) is 13.6 Å². The Kier molecular flexibility index (Phi) is 2.31. The molecule has 0 saturated heterocycles. The maximum absolute atomic E-state index is 11.1. The van der Waals surface area contributed by atoms with Crippen LogP contribution in [0.4, 0.5) is 0 Å². The van der Waals surface area contributed by atoms with E-state index in [9.17, 15) is 4.79 Å². The molecular weight excluding hydrogens is 162 g/mol. The smallest absolute Gasteiger partial charge is 0.219 e. The Morgan fingerprint density at radius 2 is 2.15 bits per heavy atom. The van der Waals surface area contributed by atoms with Crippen molar-refractivity contribution in [2.45, 2.75) is 32.6 Å². The molecule has 0 aromatic carbocycles. The summed E-state index contributed by atoms with van der Waals surface area (Å²) in [6.45, 7) is 2.66. The van der Waals surface area contributed by atoms with Crippen molar-refractivity contribution in [3.05, 3.63) is 0 Å². The molecular formula is C11H19NO. The summed E-state index contributed by atoms with van der Waals surface area (Å²) < 4.78 is 0. The summed E-state index contributed by atoms with van der Waals surface area (Å²) in [4.78, 5) is 12.9. The van der Waals surface area contributed by atoms with E-state index in [1.165, 1.54) is 25.7 Å². The number of amides is 1. The molecule has 2 bridgehead atoms. The van der Waals surface area contributed by atoms with E-state index in [-0.39, 0.29) is 5.91 Å². The van der Waals surface area contributed by atoms with Crippen molar-refractivity contribution in [3.8, 4) is 0 Å². The van der Waals surface area contributed by atoms with Crippen LogP contribution in [0.25, 0.3) is 0 Å². The molecule has 0 radical (unpaired) electrons. The minimum Gasteiger partial charge on any atom is -0.346 e. The summed E-state index contributed by atoms with van der Waals surface area (Å²) in [5.41, 5.74) is 0. The molecule has 2 saturated carbocycles. The Morgan fingerprint density at radius 3 is 2.62 bits per heavy atom. The van der Waals surface area contributed by atoms with Crippen LogP contribution in [0.3, 0.4) is 0 Å². The zero-order valence-corrected chi connectivity index (χ0v) is 8.62. The standard InChI is InChI=1S/C11H19NO/c1-8(13)12(2)7-11-6-9-3-4-10(11)5-9/h9-11H,3-7H2,1-2H3. The predicted octanol–water partition coefficient (Wildman–Crippen LogP) is 1.90. The Morgan fingerprint density at radius 1 is 1.38 bits per heavy atom. The number of rotatable bonds is 2.